The number of nitrogen functional groups attached to an aromatic ring is 1. The van der Waals surface area contributed by atoms with E-state index in [0.717, 1.165) is 22.2 Å². The highest BCUT2D eigenvalue weighted by Crippen LogP contribution is 2.21. The highest BCUT2D eigenvalue weighted by Gasteiger charge is 1.98. The van der Waals surface area contributed by atoms with Crippen LogP contribution < -0.4 is 11.5 Å². The van der Waals surface area contributed by atoms with E-state index in [-0.39, 0.29) is 0 Å². The summed E-state index contributed by atoms with van der Waals surface area (Å²) >= 11 is 1.09. The van der Waals surface area contributed by atoms with E-state index < -0.39 is 0 Å². The van der Waals surface area contributed by atoms with E-state index in [4.69, 9.17) is 16.7 Å². The highest BCUT2D eigenvalue weighted by atomic mass is 32.2. The monoisotopic (exact) mass is 217 g/mol. The van der Waals surface area contributed by atoms with Gasteiger partial charge in [-0.3, -0.25) is 0 Å². The predicted molar refractivity (Wildman–Crippen MR) is 62.9 cm³/mol. The summed E-state index contributed by atoms with van der Waals surface area (Å²) in [7, 11) is 0. The topological polar surface area (TPSA) is 75.8 Å². The molecule has 0 saturated carbocycles. The van der Waals surface area contributed by atoms with Crippen molar-refractivity contribution in [3.63, 3.8) is 0 Å². The Balaban J connectivity index is 2.92. The quantitative estimate of drug-likeness (QED) is 0.341. The van der Waals surface area contributed by atoms with Crippen molar-refractivity contribution < 1.29 is 0 Å². The molecule has 76 valence electrons. The number of nitrogens with two attached hydrogens (primary N) is 2. The normalized spacial score (nSPS) is 8.80. The van der Waals surface area contributed by atoms with E-state index >= 15 is 0 Å². The lowest BCUT2D eigenvalue weighted by Crippen LogP contribution is -1.96. The SMILES string of the molecule is N#CSc1ccc(N)c(C#CCCN)c1. The fourth-order valence-electron chi connectivity index (χ4n) is 0.990. The minimum Gasteiger partial charge on any atom is -0.398 e. The lowest BCUT2D eigenvalue weighted by Gasteiger charge is -1.99. The third-order valence-electron chi connectivity index (χ3n) is 1.68. The standard InChI is InChI=1S/C11H11N3S/c12-6-2-1-3-9-7-10(15-8-13)4-5-11(9)14/h4-5,7H,2,6,12,14H2. The molecule has 0 fully saturated rings. The van der Waals surface area contributed by atoms with Crippen LogP contribution in [0.4, 0.5) is 5.69 Å². The van der Waals surface area contributed by atoms with E-state index in [2.05, 4.69) is 11.8 Å². The molecule has 0 aliphatic heterocycles. The molecule has 0 atom stereocenters. The van der Waals surface area contributed by atoms with Gasteiger partial charge in [0.15, 0.2) is 0 Å². The van der Waals surface area contributed by atoms with Gasteiger partial charge in [0, 0.05) is 29.1 Å². The summed E-state index contributed by atoms with van der Waals surface area (Å²) in [6.07, 6.45) is 0.648. The number of thioether (sulfide) groups is 1. The van der Waals surface area contributed by atoms with E-state index in [1.165, 1.54) is 0 Å². The molecule has 0 amide bonds. The lowest BCUT2D eigenvalue weighted by molar-refractivity contribution is 1.03. The molecule has 0 bridgehead atoms. The summed E-state index contributed by atoms with van der Waals surface area (Å²) < 4.78 is 0. The van der Waals surface area contributed by atoms with Crippen LogP contribution in [0.3, 0.4) is 0 Å². The largest absolute Gasteiger partial charge is 0.398 e. The van der Waals surface area contributed by atoms with Crippen molar-refractivity contribution in [1.82, 2.24) is 0 Å². The summed E-state index contributed by atoms with van der Waals surface area (Å²) in [5.74, 6) is 5.85. The van der Waals surface area contributed by atoms with Crippen molar-refractivity contribution >= 4 is 17.4 Å². The van der Waals surface area contributed by atoms with Gasteiger partial charge >= 0.3 is 0 Å². The van der Waals surface area contributed by atoms with Gasteiger partial charge < -0.3 is 11.5 Å². The number of hydrogen-bond donors (Lipinski definition) is 2. The molecule has 1 aromatic rings. The van der Waals surface area contributed by atoms with Crippen LogP contribution >= 0.6 is 11.8 Å². The first-order valence-electron chi connectivity index (χ1n) is 4.42. The smallest absolute Gasteiger partial charge is 0.138 e. The zero-order valence-corrected chi connectivity index (χ0v) is 8.97. The van der Waals surface area contributed by atoms with E-state index in [0.29, 0.717) is 18.7 Å². The Morgan fingerprint density at radius 3 is 2.87 bits per heavy atom. The summed E-state index contributed by atoms with van der Waals surface area (Å²) in [5, 5.41) is 10.5. The van der Waals surface area contributed by atoms with Gasteiger partial charge in [0.2, 0.25) is 0 Å². The van der Waals surface area contributed by atoms with Gasteiger partial charge in [-0.25, -0.2) is 0 Å². The predicted octanol–water partition coefficient (Wildman–Crippen LogP) is 1.54. The number of hydrogen-bond acceptors (Lipinski definition) is 4. The first-order chi connectivity index (χ1) is 7.27. The molecule has 1 aromatic carbocycles. The average Bonchev–Trinajstić information content (AvgIpc) is 2.23. The Hall–Kier alpha value is -1.62. The van der Waals surface area contributed by atoms with Gasteiger partial charge in [0.25, 0.3) is 0 Å². The zero-order valence-electron chi connectivity index (χ0n) is 8.16. The van der Waals surface area contributed by atoms with E-state index in [1.54, 1.807) is 12.1 Å². The molecule has 4 N–H and O–H groups in total. The maximum atomic E-state index is 8.52. The number of nitrogens with zero attached hydrogens (tertiary/aromatic N) is 1. The van der Waals surface area contributed by atoms with E-state index in [9.17, 15) is 0 Å². The first kappa shape index (κ1) is 11.5. The summed E-state index contributed by atoms with van der Waals surface area (Å²) in [6, 6.07) is 5.37. The first-order valence-corrected chi connectivity index (χ1v) is 5.24. The fraction of sp³-hybridized carbons (Fsp3) is 0.182. The van der Waals surface area contributed by atoms with Crippen LogP contribution in [0, 0.1) is 22.5 Å². The van der Waals surface area contributed by atoms with Crippen LogP contribution in [0.2, 0.25) is 0 Å². The Bertz CT molecular complexity index is 437. The highest BCUT2D eigenvalue weighted by molar-refractivity contribution is 8.03. The van der Waals surface area contributed by atoms with Gasteiger partial charge in [0.05, 0.1) is 0 Å². The molecule has 0 aromatic heterocycles. The molecule has 0 radical (unpaired) electrons. The molecular formula is C11H11N3S. The molecule has 0 spiro atoms. The zero-order chi connectivity index (χ0) is 11.1. The third kappa shape index (κ3) is 3.55. The van der Waals surface area contributed by atoms with Crippen molar-refractivity contribution in [2.24, 2.45) is 5.73 Å². The fourth-order valence-corrected chi connectivity index (χ4v) is 1.41. The maximum Gasteiger partial charge on any atom is 0.138 e. The van der Waals surface area contributed by atoms with E-state index in [1.807, 2.05) is 11.5 Å². The van der Waals surface area contributed by atoms with Gasteiger partial charge in [-0.15, -0.1) is 0 Å². The average molecular weight is 217 g/mol. The summed E-state index contributed by atoms with van der Waals surface area (Å²) in [4.78, 5) is 0.851. The lowest BCUT2D eigenvalue weighted by atomic mass is 10.2. The summed E-state index contributed by atoms with van der Waals surface area (Å²) in [6.45, 7) is 0.541. The minimum absolute atomic E-state index is 0.541. The summed E-state index contributed by atoms with van der Waals surface area (Å²) in [5.41, 5.74) is 12.4. The van der Waals surface area contributed by atoms with Crippen LogP contribution in [0.15, 0.2) is 23.1 Å². The number of thiocyanates is 1. The number of rotatable bonds is 2. The molecule has 0 heterocycles. The van der Waals surface area contributed by atoms with Crippen LogP contribution in [0.5, 0.6) is 0 Å². The molecule has 0 saturated heterocycles. The second-order valence-corrected chi connectivity index (χ2v) is 3.64. The number of nitriles is 1. The van der Waals surface area contributed by atoms with Crippen molar-refractivity contribution in [2.75, 3.05) is 12.3 Å². The van der Waals surface area contributed by atoms with Crippen molar-refractivity contribution in [1.29, 1.82) is 5.26 Å². The van der Waals surface area contributed by atoms with Gasteiger partial charge in [0.1, 0.15) is 5.40 Å². The Morgan fingerprint density at radius 1 is 1.40 bits per heavy atom. The third-order valence-corrected chi connectivity index (χ3v) is 2.26. The molecule has 1 rings (SSSR count). The minimum atomic E-state index is 0.541. The molecule has 15 heavy (non-hydrogen) atoms. The molecule has 3 nitrogen and oxygen atoms in total. The van der Waals surface area contributed by atoms with Crippen molar-refractivity contribution in [3.8, 4) is 17.2 Å². The van der Waals surface area contributed by atoms with Crippen LogP contribution in [-0.4, -0.2) is 6.54 Å². The second-order valence-electron chi connectivity index (χ2n) is 2.78. The van der Waals surface area contributed by atoms with Gasteiger partial charge in [-0.1, -0.05) is 11.8 Å². The molecule has 0 aliphatic rings. The molecule has 4 heteroatoms. The van der Waals surface area contributed by atoms with Crippen molar-refractivity contribution in [2.45, 2.75) is 11.3 Å². The van der Waals surface area contributed by atoms with Crippen molar-refractivity contribution in [3.05, 3.63) is 23.8 Å². The second kappa shape index (κ2) is 5.98. The maximum absolute atomic E-state index is 8.52. The Labute approximate surface area is 93.5 Å². The molecular weight excluding hydrogens is 206 g/mol. The van der Waals surface area contributed by atoms with Crippen LogP contribution in [0.25, 0.3) is 0 Å². The number of anilines is 1. The van der Waals surface area contributed by atoms with Crippen LogP contribution in [0.1, 0.15) is 12.0 Å². The van der Waals surface area contributed by atoms with Gasteiger partial charge in [-0.2, -0.15) is 5.26 Å². The molecule has 0 aliphatic carbocycles. The Kier molecular flexibility index (Phi) is 4.56. The molecule has 0 unspecified atom stereocenters. The van der Waals surface area contributed by atoms with Crippen LogP contribution in [-0.2, 0) is 0 Å². The van der Waals surface area contributed by atoms with Gasteiger partial charge in [-0.05, 0) is 30.0 Å². The Morgan fingerprint density at radius 2 is 2.20 bits per heavy atom. The number of benzene rings is 1.